The predicted molar refractivity (Wildman–Crippen MR) is 115 cm³/mol. The molecule has 0 heteroatoms. The highest BCUT2D eigenvalue weighted by Crippen LogP contribution is 2.73. The lowest BCUT2D eigenvalue weighted by Crippen LogP contribution is -2.59. The van der Waals surface area contributed by atoms with Gasteiger partial charge in [-0.3, -0.25) is 0 Å². The number of rotatable bonds is 0. The first-order valence-corrected chi connectivity index (χ1v) is 13.6. The second kappa shape index (κ2) is 5.82. The van der Waals surface area contributed by atoms with E-state index in [0.29, 0.717) is 0 Å². The minimum Gasteiger partial charge on any atom is -0.0620 e. The van der Waals surface area contributed by atoms with E-state index in [4.69, 9.17) is 0 Å². The van der Waals surface area contributed by atoms with Gasteiger partial charge in [-0.15, -0.1) is 0 Å². The average Bonchev–Trinajstić information content (AvgIpc) is 3.12. The highest BCUT2D eigenvalue weighted by atomic mass is 14.7. The van der Waals surface area contributed by atoms with Crippen molar-refractivity contribution in [3.8, 4) is 0 Å². The first kappa shape index (κ1) is 17.7. The van der Waals surface area contributed by atoms with Crippen LogP contribution < -0.4 is 0 Å². The Morgan fingerprint density at radius 2 is 0.464 bits per heavy atom. The van der Waals surface area contributed by atoms with Gasteiger partial charge in [0.2, 0.25) is 0 Å². The van der Waals surface area contributed by atoms with Crippen LogP contribution in [0.1, 0.15) is 79.1 Å². The standard InChI is InChI=1S/C28H44/c1-13-14(2)18-6-10-22-24-12-8-20-16(4)15(3)19-7-11-23(28(24)26(19)20)21-9-5-17(13)25(18)27(21)22/h13-28H,5-12H2,1-4H3. The molecule has 7 aliphatic rings. The molecule has 12 atom stereocenters. The molecule has 0 heterocycles. The van der Waals surface area contributed by atoms with Crippen molar-refractivity contribution < 1.29 is 0 Å². The van der Waals surface area contributed by atoms with Crippen molar-refractivity contribution in [2.75, 3.05) is 0 Å². The lowest BCUT2D eigenvalue weighted by atomic mass is 9.40. The molecule has 28 heavy (non-hydrogen) atoms. The molecule has 0 aromatic carbocycles. The fourth-order valence-electron chi connectivity index (χ4n) is 12.6. The Kier molecular flexibility index (Phi) is 3.67. The normalized spacial score (nSPS) is 69.0. The van der Waals surface area contributed by atoms with Crippen molar-refractivity contribution in [3.63, 3.8) is 0 Å². The summed E-state index contributed by atoms with van der Waals surface area (Å²) < 4.78 is 0. The summed E-state index contributed by atoms with van der Waals surface area (Å²) in [5.74, 6) is 17.8. The number of fused-ring (bicyclic) bond motifs is 2. The molecule has 0 aromatic heterocycles. The largest absolute Gasteiger partial charge is 0.0620 e. The second-order valence-electron chi connectivity index (χ2n) is 13.4. The van der Waals surface area contributed by atoms with Gasteiger partial charge in [0.05, 0.1) is 0 Å². The minimum absolute atomic E-state index is 1.02. The lowest BCUT2D eigenvalue weighted by molar-refractivity contribution is -0.170. The second-order valence-corrected chi connectivity index (χ2v) is 13.4. The van der Waals surface area contributed by atoms with Gasteiger partial charge < -0.3 is 0 Å². The Labute approximate surface area is 174 Å². The van der Waals surface area contributed by atoms with Gasteiger partial charge in [0.25, 0.3) is 0 Å². The maximum atomic E-state index is 2.65. The van der Waals surface area contributed by atoms with Crippen molar-refractivity contribution >= 4 is 0 Å². The molecule has 0 bridgehead atoms. The third kappa shape index (κ3) is 1.92. The van der Waals surface area contributed by atoms with E-state index in [1.54, 1.807) is 51.4 Å². The van der Waals surface area contributed by atoms with Crippen LogP contribution in [0.15, 0.2) is 0 Å². The molecule has 0 aliphatic heterocycles. The van der Waals surface area contributed by atoms with Crippen LogP contribution in [0.5, 0.6) is 0 Å². The first-order valence-electron chi connectivity index (χ1n) is 13.6. The van der Waals surface area contributed by atoms with Crippen LogP contribution in [0, 0.1) is 94.7 Å². The summed E-state index contributed by atoms with van der Waals surface area (Å²) in [6, 6.07) is 0. The molecule has 0 aromatic rings. The molecule has 0 saturated heterocycles. The Balaban J connectivity index is 1.30. The van der Waals surface area contributed by atoms with Crippen LogP contribution in [-0.2, 0) is 0 Å². The molecule has 7 fully saturated rings. The quantitative estimate of drug-likeness (QED) is 0.419. The SMILES string of the molecule is CC1C(C)C2CCC3C4CCC5C(C)C(C)C6CCC(C7CCC1C2C73)C4C65. The molecule has 0 amide bonds. The molecule has 7 saturated carbocycles. The summed E-state index contributed by atoms with van der Waals surface area (Å²) in [6.45, 7) is 10.6. The van der Waals surface area contributed by atoms with Gasteiger partial charge in [-0.25, -0.2) is 0 Å². The van der Waals surface area contributed by atoms with E-state index in [-0.39, 0.29) is 0 Å². The first-order chi connectivity index (χ1) is 13.6. The summed E-state index contributed by atoms with van der Waals surface area (Å²) in [4.78, 5) is 0. The van der Waals surface area contributed by atoms with Crippen molar-refractivity contribution in [1.29, 1.82) is 0 Å². The average molecular weight is 381 g/mol. The van der Waals surface area contributed by atoms with E-state index in [0.717, 1.165) is 82.9 Å². The van der Waals surface area contributed by atoms with Gasteiger partial charge in [0.15, 0.2) is 0 Å². The molecule has 0 nitrogen and oxygen atoms in total. The smallest absolute Gasteiger partial charge is 0.0318 e. The van der Waals surface area contributed by atoms with E-state index < -0.39 is 0 Å². The molecular formula is C28H44. The van der Waals surface area contributed by atoms with Gasteiger partial charge in [-0.05, 0) is 146 Å². The summed E-state index contributed by atoms with van der Waals surface area (Å²) >= 11 is 0. The van der Waals surface area contributed by atoms with Crippen LogP contribution in [-0.4, -0.2) is 0 Å². The minimum atomic E-state index is 1.02. The fourth-order valence-corrected chi connectivity index (χ4v) is 12.6. The molecule has 0 spiro atoms. The summed E-state index contributed by atoms with van der Waals surface area (Å²) in [5.41, 5.74) is 0. The monoisotopic (exact) mass is 380 g/mol. The van der Waals surface area contributed by atoms with Crippen molar-refractivity contribution in [3.05, 3.63) is 0 Å². The molecule has 7 rings (SSSR count). The van der Waals surface area contributed by atoms with Crippen molar-refractivity contribution in [1.82, 2.24) is 0 Å². The van der Waals surface area contributed by atoms with Crippen LogP contribution in [0.2, 0.25) is 0 Å². The maximum absolute atomic E-state index is 2.65. The molecule has 156 valence electrons. The number of hydrogen-bond acceptors (Lipinski definition) is 0. The molecule has 7 aliphatic carbocycles. The molecule has 0 radical (unpaired) electrons. The van der Waals surface area contributed by atoms with Gasteiger partial charge in [0, 0.05) is 0 Å². The zero-order valence-corrected chi connectivity index (χ0v) is 18.9. The van der Waals surface area contributed by atoms with Crippen LogP contribution in [0.4, 0.5) is 0 Å². The third-order valence-electron chi connectivity index (χ3n) is 13.6. The zero-order valence-electron chi connectivity index (χ0n) is 18.9. The number of hydrogen-bond donors (Lipinski definition) is 0. The van der Waals surface area contributed by atoms with Gasteiger partial charge >= 0.3 is 0 Å². The fraction of sp³-hybridized carbons (Fsp3) is 1.00. The topological polar surface area (TPSA) is 0 Å². The van der Waals surface area contributed by atoms with E-state index >= 15 is 0 Å². The zero-order chi connectivity index (χ0) is 18.9. The third-order valence-corrected chi connectivity index (χ3v) is 13.6. The molecule has 0 N–H and O–H groups in total. The summed E-state index contributed by atoms with van der Waals surface area (Å²) in [5, 5.41) is 0. The predicted octanol–water partition coefficient (Wildman–Crippen LogP) is 7.14. The Hall–Kier alpha value is 0. The van der Waals surface area contributed by atoms with Crippen LogP contribution >= 0.6 is 0 Å². The van der Waals surface area contributed by atoms with Gasteiger partial charge in [-0.2, -0.15) is 0 Å². The lowest BCUT2D eigenvalue weighted by Gasteiger charge is -2.65. The van der Waals surface area contributed by atoms with Gasteiger partial charge in [-0.1, -0.05) is 27.7 Å². The molecule has 12 unspecified atom stereocenters. The van der Waals surface area contributed by atoms with Crippen LogP contribution in [0.25, 0.3) is 0 Å². The van der Waals surface area contributed by atoms with E-state index in [1.807, 2.05) is 0 Å². The van der Waals surface area contributed by atoms with E-state index in [9.17, 15) is 0 Å². The summed E-state index contributed by atoms with van der Waals surface area (Å²) in [6.07, 6.45) is 13.0. The highest BCUT2D eigenvalue weighted by molar-refractivity contribution is 5.15. The maximum Gasteiger partial charge on any atom is -0.0318 e. The summed E-state index contributed by atoms with van der Waals surface area (Å²) in [7, 11) is 0. The Morgan fingerprint density at radius 1 is 0.286 bits per heavy atom. The molecular weight excluding hydrogens is 336 g/mol. The highest BCUT2D eigenvalue weighted by Gasteiger charge is 2.66. The van der Waals surface area contributed by atoms with Crippen molar-refractivity contribution in [2.24, 2.45) is 94.7 Å². The Morgan fingerprint density at radius 3 is 0.714 bits per heavy atom. The van der Waals surface area contributed by atoms with Gasteiger partial charge in [0.1, 0.15) is 0 Å². The van der Waals surface area contributed by atoms with E-state index in [1.165, 1.54) is 11.8 Å². The van der Waals surface area contributed by atoms with Crippen LogP contribution in [0.3, 0.4) is 0 Å². The van der Waals surface area contributed by atoms with E-state index in [2.05, 4.69) is 27.7 Å². The Bertz CT molecular complexity index is 542. The van der Waals surface area contributed by atoms with Crippen molar-refractivity contribution in [2.45, 2.75) is 79.1 Å².